The number of nitrogens with two attached hydrogens (primary N) is 1. The second kappa shape index (κ2) is 2.26. The van der Waals surface area contributed by atoms with Gasteiger partial charge >= 0.3 is 0 Å². The Morgan fingerprint density at radius 3 is 2.77 bits per heavy atom. The molecule has 3 rings (SSSR count). The fourth-order valence-electron chi connectivity index (χ4n) is 2.14. The predicted molar refractivity (Wildman–Crippen MR) is 49.9 cm³/mol. The molecule has 0 saturated heterocycles. The third kappa shape index (κ3) is 0.983. The highest BCUT2D eigenvalue weighted by Crippen LogP contribution is 2.36. The Bertz CT molecular complexity index is 324. The molecule has 2 heterocycles. The molecule has 4 heteroatoms. The van der Waals surface area contributed by atoms with Gasteiger partial charge in [-0.05, 0) is 12.8 Å². The summed E-state index contributed by atoms with van der Waals surface area (Å²) in [5.41, 5.74) is 8.39. The maximum atomic E-state index is 5.82. The van der Waals surface area contributed by atoms with Gasteiger partial charge in [-0.1, -0.05) is 0 Å². The summed E-state index contributed by atoms with van der Waals surface area (Å²) in [4.78, 5) is 2.50. The van der Waals surface area contributed by atoms with Gasteiger partial charge in [0.05, 0.1) is 5.69 Å². The first-order chi connectivity index (χ1) is 6.25. The van der Waals surface area contributed by atoms with Crippen molar-refractivity contribution in [1.82, 2.24) is 14.7 Å². The van der Waals surface area contributed by atoms with Gasteiger partial charge in [0.15, 0.2) is 0 Å². The molecule has 0 aromatic carbocycles. The van der Waals surface area contributed by atoms with E-state index in [0.29, 0.717) is 0 Å². The van der Waals surface area contributed by atoms with Gasteiger partial charge < -0.3 is 5.73 Å². The summed E-state index contributed by atoms with van der Waals surface area (Å²) in [6.07, 6.45) is 2.72. The molecule has 70 valence electrons. The van der Waals surface area contributed by atoms with Crippen molar-refractivity contribution in [3.63, 3.8) is 0 Å². The second-order valence-electron chi connectivity index (χ2n) is 4.07. The van der Waals surface area contributed by atoms with E-state index in [1.807, 2.05) is 11.7 Å². The number of hydrogen-bond acceptors (Lipinski definition) is 3. The molecule has 2 aliphatic rings. The Kier molecular flexibility index (Phi) is 1.28. The second-order valence-corrected chi connectivity index (χ2v) is 4.07. The van der Waals surface area contributed by atoms with Crippen LogP contribution in [0.25, 0.3) is 0 Å². The maximum Gasteiger partial charge on any atom is 0.150 e. The summed E-state index contributed by atoms with van der Waals surface area (Å²) >= 11 is 0. The zero-order valence-corrected chi connectivity index (χ0v) is 7.82. The monoisotopic (exact) mass is 178 g/mol. The number of aromatic nitrogens is 2. The normalized spacial score (nSPS) is 22.2. The average Bonchev–Trinajstić information content (AvgIpc) is 2.78. The molecule has 0 bridgehead atoms. The van der Waals surface area contributed by atoms with Gasteiger partial charge in [0, 0.05) is 31.7 Å². The summed E-state index contributed by atoms with van der Waals surface area (Å²) in [5.74, 6) is 0.723. The number of rotatable bonds is 1. The topological polar surface area (TPSA) is 47.1 Å². The van der Waals surface area contributed by atoms with Crippen LogP contribution in [0.2, 0.25) is 0 Å². The third-order valence-corrected chi connectivity index (χ3v) is 3.08. The van der Waals surface area contributed by atoms with Crippen molar-refractivity contribution < 1.29 is 0 Å². The summed E-state index contributed by atoms with van der Waals surface area (Å²) in [7, 11) is 1.98. The van der Waals surface area contributed by atoms with Crippen molar-refractivity contribution >= 4 is 5.82 Å². The first-order valence-corrected chi connectivity index (χ1v) is 4.80. The molecule has 1 aromatic rings. The van der Waals surface area contributed by atoms with Crippen molar-refractivity contribution in [3.05, 3.63) is 11.3 Å². The van der Waals surface area contributed by atoms with Crippen LogP contribution < -0.4 is 5.73 Å². The van der Waals surface area contributed by atoms with Gasteiger partial charge in [-0.15, -0.1) is 0 Å². The highest BCUT2D eigenvalue weighted by atomic mass is 15.3. The molecule has 1 aromatic heterocycles. The SMILES string of the molecule is Cn1nc(N)c2c1CN(C1CC1)C2. The lowest BCUT2D eigenvalue weighted by Crippen LogP contribution is -2.20. The van der Waals surface area contributed by atoms with Gasteiger partial charge in [-0.3, -0.25) is 9.58 Å². The molecule has 1 fully saturated rings. The lowest BCUT2D eigenvalue weighted by molar-refractivity contribution is 0.267. The fraction of sp³-hybridized carbons (Fsp3) is 0.667. The van der Waals surface area contributed by atoms with Crippen LogP contribution in [0.1, 0.15) is 24.1 Å². The minimum Gasteiger partial charge on any atom is -0.382 e. The predicted octanol–water partition coefficient (Wildman–Crippen LogP) is 0.480. The standard InChI is InChI=1S/C9H14N4/c1-12-8-5-13(6-2-3-6)4-7(8)9(10)11-12/h6H,2-5H2,1H3,(H2,10,11). The highest BCUT2D eigenvalue weighted by Gasteiger charge is 2.35. The van der Waals surface area contributed by atoms with E-state index in [1.165, 1.54) is 24.1 Å². The Morgan fingerprint density at radius 2 is 2.15 bits per heavy atom. The van der Waals surface area contributed by atoms with Crippen LogP contribution in [0.4, 0.5) is 5.82 Å². The zero-order valence-electron chi connectivity index (χ0n) is 7.82. The van der Waals surface area contributed by atoms with Crippen LogP contribution in [0.5, 0.6) is 0 Å². The number of nitrogen functional groups attached to an aromatic ring is 1. The average molecular weight is 178 g/mol. The van der Waals surface area contributed by atoms with Crippen molar-refractivity contribution in [3.8, 4) is 0 Å². The summed E-state index contributed by atoms with van der Waals surface area (Å²) in [5, 5.41) is 4.21. The molecule has 0 atom stereocenters. The van der Waals surface area contributed by atoms with Crippen LogP contribution in [-0.4, -0.2) is 20.7 Å². The van der Waals surface area contributed by atoms with Gasteiger partial charge in [0.2, 0.25) is 0 Å². The van der Waals surface area contributed by atoms with E-state index in [2.05, 4.69) is 10.00 Å². The molecule has 0 spiro atoms. The quantitative estimate of drug-likeness (QED) is 0.680. The highest BCUT2D eigenvalue weighted by molar-refractivity contribution is 5.44. The molecule has 13 heavy (non-hydrogen) atoms. The number of fused-ring (bicyclic) bond motifs is 1. The molecular weight excluding hydrogens is 164 g/mol. The number of nitrogens with zero attached hydrogens (tertiary/aromatic N) is 3. The van der Waals surface area contributed by atoms with Gasteiger partial charge in [-0.2, -0.15) is 5.10 Å². The van der Waals surface area contributed by atoms with Gasteiger partial charge in [-0.25, -0.2) is 0 Å². The van der Waals surface area contributed by atoms with Crippen LogP contribution >= 0.6 is 0 Å². The third-order valence-electron chi connectivity index (χ3n) is 3.08. The Labute approximate surface area is 77.3 Å². The van der Waals surface area contributed by atoms with Crippen LogP contribution in [0.3, 0.4) is 0 Å². The summed E-state index contributed by atoms with van der Waals surface area (Å²) in [6, 6.07) is 0.826. The Balaban J connectivity index is 1.94. The van der Waals surface area contributed by atoms with Crippen molar-refractivity contribution in [2.45, 2.75) is 32.0 Å². The Hall–Kier alpha value is -1.03. The van der Waals surface area contributed by atoms with E-state index in [9.17, 15) is 0 Å². The van der Waals surface area contributed by atoms with Crippen molar-refractivity contribution in [2.24, 2.45) is 7.05 Å². The maximum absolute atomic E-state index is 5.82. The van der Waals surface area contributed by atoms with E-state index in [0.717, 1.165) is 24.9 Å². The van der Waals surface area contributed by atoms with Crippen LogP contribution in [-0.2, 0) is 20.1 Å². The van der Waals surface area contributed by atoms with E-state index in [4.69, 9.17) is 5.73 Å². The molecule has 1 aliphatic heterocycles. The largest absolute Gasteiger partial charge is 0.382 e. The van der Waals surface area contributed by atoms with Crippen LogP contribution in [0, 0.1) is 0 Å². The smallest absolute Gasteiger partial charge is 0.150 e. The fourth-order valence-corrected chi connectivity index (χ4v) is 2.14. The molecule has 2 N–H and O–H groups in total. The first-order valence-electron chi connectivity index (χ1n) is 4.80. The van der Waals surface area contributed by atoms with Gasteiger partial charge in [0.25, 0.3) is 0 Å². The summed E-state index contributed by atoms with van der Waals surface area (Å²) in [6.45, 7) is 2.06. The molecule has 0 radical (unpaired) electrons. The van der Waals surface area contributed by atoms with E-state index in [1.54, 1.807) is 0 Å². The van der Waals surface area contributed by atoms with E-state index in [-0.39, 0.29) is 0 Å². The zero-order chi connectivity index (χ0) is 9.00. The van der Waals surface area contributed by atoms with Crippen molar-refractivity contribution in [1.29, 1.82) is 0 Å². The van der Waals surface area contributed by atoms with Gasteiger partial charge in [0.1, 0.15) is 5.82 Å². The Morgan fingerprint density at radius 1 is 1.38 bits per heavy atom. The van der Waals surface area contributed by atoms with Crippen LogP contribution in [0.15, 0.2) is 0 Å². The molecule has 1 aliphatic carbocycles. The number of hydrogen-bond donors (Lipinski definition) is 1. The van der Waals surface area contributed by atoms with E-state index >= 15 is 0 Å². The lowest BCUT2D eigenvalue weighted by Gasteiger charge is -2.13. The molecular formula is C9H14N4. The lowest BCUT2D eigenvalue weighted by atomic mass is 10.3. The minimum atomic E-state index is 0.723. The number of aryl methyl sites for hydroxylation is 1. The first kappa shape index (κ1) is 7.38. The molecule has 0 amide bonds. The number of anilines is 1. The molecule has 4 nitrogen and oxygen atoms in total. The molecule has 0 unspecified atom stereocenters. The summed E-state index contributed by atoms with van der Waals surface area (Å²) < 4.78 is 1.92. The molecule has 1 saturated carbocycles. The minimum absolute atomic E-state index is 0.723. The van der Waals surface area contributed by atoms with Crippen molar-refractivity contribution in [2.75, 3.05) is 5.73 Å². The van der Waals surface area contributed by atoms with E-state index < -0.39 is 0 Å².